The fourth-order valence-electron chi connectivity index (χ4n) is 1.14. The highest BCUT2D eigenvalue weighted by Gasteiger charge is 2.19. The van der Waals surface area contributed by atoms with Gasteiger partial charge in [-0.1, -0.05) is 25.4 Å². The number of anilines is 1. The summed E-state index contributed by atoms with van der Waals surface area (Å²) < 4.78 is 0. The Labute approximate surface area is 93.0 Å². The molecule has 6 heteroatoms. The van der Waals surface area contributed by atoms with E-state index in [9.17, 15) is 4.79 Å². The van der Waals surface area contributed by atoms with E-state index in [1.807, 2.05) is 13.8 Å². The molecular formula is C9H13ClN4O. The molecule has 1 unspecified atom stereocenters. The number of nitrogens with one attached hydrogen (secondary N) is 1. The van der Waals surface area contributed by atoms with E-state index < -0.39 is 11.9 Å². The second-order valence-corrected chi connectivity index (χ2v) is 3.88. The van der Waals surface area contributed by atoms with E-state index >= 15 is 0 Å². The number of hydrogen-bond donors (Lipinski definition) is 2. The van der Waals surface area contributed by atoms with Gasteiger partial charge in [-0.2, -0.15) is 0 Å². The predicted molar refractivity (Wildman–Crippen MR) is 58.5 cm³/mol. The zero-order valence-corrected chi connectivity index (χ0v) is 9.32. The van der Waals surface area contributed by atoms with Crippen LogP contribution in [0.4, 0.5) is 5.82 Å². The van der Waals surface area contributed by atoms with Crippen LogP contribution >= 0.6 is 11.6 Å². The quantitative estimate of drug-likeness (QED) is 0.807. The molecule has 1 amide bonds. The summed E-state index contributed by atoms with van der Waals surface area (Å²) in [5.41, 5.74) is 5.24. The van der Waals surface area contributed by atoms with E-state index in [1.54, 1.807) is 0 Å². The van der Waals surface area contributed by atoms with Crippen LogP contribution in [0.2, 0.25) is 5.15 Å². The van der Waals surface area contributed by atoms with Gasteiger partial charge >= 0.3 is 0 Å². The zero-order chi connectivity index (χ0) is 11.4. The number of nitrogens with zero attached hydrogens (tertiary/aromatic N) is 2. The van der Waals surface area contributed by atoms with Crippen molar-refractivity contribution in [1.29, 1.82) is 0 Å². The standard InChI is InChI=1S/C9H13ClN4O/c1-5(2)8(9(11)15)14-7-4-12-3-6(10)13-7/h3-5,8H,1-2H3,(H2,11,15)(H,13,14). The third-order valence-electron chi connectivity index (χ3n) is 1.88. The van der Waals surface area contributed by atoms with E-state index in [2.05, 4.69) is 15.3 Å². The van der Waals surface area contributed by atoms with Gasteiger partial charge in [-0.25, -0.2) is 4.98 Å². The lowest BCUT2D eigenvalue weighted by Crippen LogP contribution is -2.39. The van der Waals surface area contributed by atoms with Gasteiger partial charge in [0.15, 0.2) is 0 Å². The normalized spacial score (nSPS) is 12.5. The molecule has 15 heavy (non-hydrogen) atoms. The Morgan fingerprint density at radius 2 is 2.20 bits per heavy atom. The van der Waals surface area contributed by atoms with Crippen molar-refractivity contribution in [1.82, 2.24) is 9.97 Å². The first-order valence-corrected chi connectivity index (χ1v) is 4.92. The minimum absolute atomic E-state index is 0.0725. The van der Waals surface area contributed by atoms with Gasteiger partial charge in [-0.3, -0.25) is 9.78 Å². The van der Waals surface area contributed by atoms with Crippen molar-refractivity contribution in [3.63, 3.8) is 0 Å². The molecule has 0 saturated heterocycles. The van der Waals surface area contributed by atoms with Crippen molar-refractivity contribution in [2.45, 2.75) is 19.9 Å². The van der Waals surface area contributed by atoms with Crippen molar-refractivity contribution in [2.24, 2.45) is 11.7 Å². The molecular weight excluding hydrogens is 216 g/mol. The van der Waals surface area contributed by atoms with Crippen LogP contribution in [0.5, 0.6) is 0 Å². The largest absolute Gasteiger partial charge is 0.368 e. The molecule has 0 bridgehead atoms. The van der Waals surface area contributed by atoms with Crippen LogP contribution in [0.25, 0.3) is 0 Å². The van der Waals surface area contributed by atoms with Gasteiger partial charge in [0.2, 0.25) is 5.91 Å². The summed E-state index contributed by atoms with van der Waals surface area (Å²) in [5, 5.41) is 3.16. The van der Waals surface area contributed by atoms with Gasteiger partial charge in [0.05, 0.1) is 12.4 Å². The van der Waals surface area contributed by atoms with Crippen LogP contribution in [0.15, 0.2) is 12.4 Å². The van der Waals surface area contributed by atoms with Crippen LogP contribution in [-0.2, 0) is 4.79 Å². The molecule has 1 rings (SSSR count). The van der Waals surface area contributed by atoms with Crippen molar-refractivity contribution in [3.05, 3.63) is 17.5 Å². The maximum atomic E-state index is 11.1. The molecule has 0 radical (unpaired) electrons. The average Bonchev–Trinajstić information content (AvgIpc) is 2.13. The number of carbonyl (C=O) groups excluding carboxylic acids is 1. The highest BCUT2D eigenvalue weighted by Crippen LogP contribution is 2.11. The maximum absolute atomic E-state index is 11.1. The Morgan fingerprint density at radius 3 is 2.67 bits per heavy atom. The number of carbonyl (C=O) groups is 1. The SMILES string of the molecule is CC(C)C(Nc1cncc(Cl)n1)C(N)=O. The molecule has 0 saturated carbocycles. The van der Waals surface area contributed by atoms with Crippen LogP contribution in [0, 0.1) is 5.92 Å². The molecule has 3 N–H and O–H groups in total. The summed E-state index contributed by atoms with van der Waals surface area (Å²) in [6.07, 6.45) is 2.91. The summed E-state index contributed by atoms with van der Waals surface area (Å²) in [6, 6.07) is -0.474. The van der Waals surface area contributed by atoms with Crippen molar-refractivity contribution in [3.8, 4) is 0 Å². The second kappa shape index (κ2) is 4.93. The van der Waals surface area contributed by atoms with E-state index in [0.717, 1.165) is 0 Å². The van der Waals surface area contributed by atoms with Crippen LogP contribution in [0.1, 0.15) is 13.8 Å². The fraction of sp³-hybridized carbons (Fsp3) is 0.444. The molecule has 0 aliphatic rings. The number of rotatable bonds is 4. The van der Waals surface area contributed by atoms with E-state index in [1.165, 1.54) is 12.4 Å². The molecule has 1 aromatic heterocycles. The van der Waals surface area contributed by atoms with Crippen LogP contribution < -0.4 is 11.1 Å². The lowest BCUT2D eigenvalue weighted by molar-refractivity contribution is -0.119. The van der Waals surface area contributed by atoms with E-state index in [4.69, 9.17) is 17.3 Å². The topological polar surface area (TPSA) is 80.9 Å². The molecule has 5 nitrogen and oxygen atoms in total. The Hall–Kier alpha value is -1.36. The minimum Gasteiger partial charge on any atom is -0.368 e. The summed E-state index contributed by atoms with van der Waals surface area (Å²) in [6.45, 7) is 3.78. The first-order chi connectivity index (χ1) is 7.00. The molecule has 0 aromatic carbocycles. The highest BCUT2D eigenvalue weighted by molar-refractivity contribution is 6.29. The van der Waals surface area contributed by atoms with Crippen molar-refractivity contribution >= 4 is 23.3 Å². The highest BCUT2D eigenvalue weighted by atomic mass is 35.5. The van der Waals surface area contributed by atoms with Crippen LogP contribution in [0.3, 0.4) is 0 Å². The third kappa shape index (κ3) is 3.36. The molecule has 0 aliphatic heterocycles. The number of amides is 1. The fourth-order valence-corrected chi connectivity index (χ4v) is 1.28. The number of primary amides is 1. The van der Waals surface area contributed by atoms with Gasteiger partial charge in [-0.15, -0.1) is 0 Å². The predicted octanol–water partition coefficient (Wildman–Crippen LogP) is 1.05. The number of aromatic nitrogens is 2. The summed E-state index contributed by atoms with van der Waals surface area (Å²) in [4.78, 5) is 18.9. The molecule has 1 atom stereocenters. The van der Waals surface area contributed by atoms with Crippen molar-refractivity contribution < 1.29 is 4.79 Å². The molecule has 82 valence electrons. The van der Waals surface area contributed by atoms with Gasteiger partial charge in [0, 0.05) is 0 Å². The van der Waals surface area contributed by atoms with Crippen LogP contribution in [-0.4, -0.2) is 21.9 Å². The Bertz CT molecular complexity index is 356. The summed E-state index contributed by atoms with van der Waals surface area (Å²) >= 11 is 5.66. The molecule has 0 aliphatic carbocycles. The first kappa shape index (κ1) is 11.7. The molecule has 0 spiro atoms. The lowest BCUT2D eigenvalue weighted by atomic mass is 10.0. The number of halogens is 1. The van der Waals surface area contributed by atoms with Gasteiger partial charge in [0.1, 0.15) is 17.0 Å². The smallest absolute Gasteiger partial charge is 0.240 e. The molecule has 1 heterocycles. The second-order valence-electron chi connectivity index (χ2n) is 3.50. The van der Waals surface area contributed by atoms with Gasteiger partial charge in [0.25, 0.3) is 0 Å². The summed E-state index contributed by atoms with van der Waals surface area (Å²) in [5.74, 6) is 0.0926. The zero-order valence-electron chi connectivity index (χ0n) is 8.57. The number of hydrogen-bond acceptors (Lipinski definition) is 4. The molecule has 1 aromatic rings. The van der Waals surface area contributed by atoms with Crippen molar-refractivity contribution in [2.75, 3.05) is 5.32 Å². The van der Waals surface area contributed by atoms with E-state index in [-0.39, 0.29) is 11.1 Å². The van der Waals surface area contributed by atoms with E-state index in [0.29, 0.717) is 5.82 Å². The molecule has 0 fully saturated rings. The Balaban J connectivity index is 2.79. The first-order valence-electron chi connectivity index (χ1n) is 4.54. The maximum Gasteiger partial charge on any atom is 0.240 e. The summed E-state index contributed by atoms with van der Waals surface area (Å²) in [7, 11) is 0. The average molecular weight is 229 g/mol. The third-order valence-corrected chi connectivity index (χ3v) is 2.06. The lowest BCUT2D eigenvalue weighted by Gasteiger charge is -2.19. The number of nitrogens with two attached hydrogens (primary N) is 1. The van der Waals surface area contributed by atoms with Gasteiger partial charge < -0.3 is 11.1 Å². The monoisotopic (exact) mass is 228 g/mol. The Kier molecular flexibility index (Phi) is 3.85. The minimum atomic E-state index is -0.474. The van der Waals surface area contributed by atoms with Gasteiger partial charge in [-0.05, 0) is 5.92 Å². The Morgan fingerprint density at radius 1 is 1.53 bits per heavy atom.